The fraction of sp³-hybridized carbons (Fsp3) is 0.267. The molecule has 0 spiro atoms. The van der Waals surface area contributed by atoms with Gasteiger partial charge in [0.25, 0.3) is 5.91 Å². The van der Waals surface area contributed by atoms with Crippen LogP contribution in [0.15, 0.2) is 30.6 Å². The summed E-state index contributed by atoms with van der Waals surface area (Å²) < 4.78 is 43.2. The van der Waals surface area contributed by atoms with Crippen molar-refractivity contribution in [1.82, 2.24) is 9.78 Å². The minimum atomic E-state index is -3.23. The number of aromatic nitrogens is 2. The molecule has 0 bridgehead atoms. The molecule has 1 aromatic carbocycles. The Labute approximate surface area is 140 Å². The van der Waals surface area contributed by atoms with Gasteiger partial charge in [0.05, 0.1) is 17.4 Å². The number of hydrogen-bond donors (Lipinski definition) is 2. The van der Waals surface area contributed by atoms with Crippen molar-refractivity contribution in [3.05, 3.63) is 42.0 Å². The number of rotatable bonds is 6. The molecule has 0 fully saturated rings. The van der Waals surface area contributed by atoms with Gasteiger partial charge in [0, 0.05) is 12.3 Å². The standard InChI is InChI=1S/C15H14F3N3O4/c1-15(2,13(23)24)21-7-9(6-19-21)20-12(22)10-4-3-8(16)5-11(10)25-14(17)18/h3-7,14H,1-2H3,(H,20,22)(H,23,24). The van der Waals surface area contributed by atoms with Gasteiger partial charge in [-0.1, -0.05) is 0 Å². The highest BCUT2D eigenvalue weighted by molar-refractivity contribution is 6.06. The minimum Gasteiger partial charge on any atom is -0.479 e. The first-order chi connectivity index (χ1) is 11.6. The second-order valence-corrected chi connectivity index (χ2v) is 5.51. The van der Waals surface area contributed by atoms with E-state index in [-0.39, 0.29) is 11.3 Å². The molecule has 0 aliphatic heterocycles. The Kier molecular flexibility index (Phi) is 5.00. The quantitative estimate of drug-likeness (QED) is 0.829. The first kappa shape index (κ1) is 18.3. The van der Waals surface area contributed by atoms with E-state index in [0.717, 1.165) is 16.8 Å². The molecule has 0 aliphatic carbocycles. The first-order valence-electron chi connectivity index (χ1n) is 6.95. The Hall–Kier alpha value is -3.04. The van der Waals surface area contributed by atoms with E-state index >= 15 is 0 Å². The smallest absolute Gasteiger partial charge is 0.387 e. The van der Waals surface area contributed by atoms with Crippen LogP contribution >= 0.6 is 0 Å². The lowest BCUT2D eigenvalue weighted by Gasteiger charge is -2.19. The van der Waals surface area contributed by atoms with Crippen molar-refractivity contribution in [3.63, 3.8) is 0 Å². The number of nitrogens with zero attached hydrogens (tertiary/aromatic N) is 2. The maximum absolute atomic E-state index is 13.2. The largest absolute Gasteiger partial charge is 0.479 e. The van der Waals surface area contributed by atoms with Crippen molar-refractivity contribution in [2.24, 2.45) is 0 Å². The van der Waals surface area contributed by atoms with E-state index in [0.29, 0.717) is 6.07 Å². The summed E-state index contributed by atoms with van der Waals surface area (Å²) in [6, 6.07) is 2.58. The van der Waals surface area contributed by atoms with E-state index in [9.17, 15) is 22.8 Å². The minimum absolute atomic E-state index is 0.131. The van der Waals surface area contributed by atoms with Crippen molar-refractivity contribution in [2.45, 2.75) is 26.0 Å². The van der Waals surface area contributed by atoms with Crippen LogP contribution in [0, 0.1) is 5.82 Å². The molecule has 2 rings (SSSR count). The van der Waals surface area contributed by atoms with Crippen molar-refractivity contribution in [3.8, 4) is 5.75 Å². The van der Waals surface area contributed by atoms with Crippen LogP contribution in [0.3, 0.4) is 0 Å². The molecule has 7 nitrogen and oxygen atoms in total. The lowest BCUT2D eigenvalue weighted by molar-refractivity contribution is -0.146. The normalized spacial score (nSPS) is 11.4. The fourth-order valence-corrected chi connectivity index (χ4v) is 1.87. The second-order valence-electron chi connectivity index (χ2n) is 5.51. The Morgan fingerprint density at radius 2 is 2.04 bits per heavy atom. The lowest BCUT2D eigenvalue weighted by atomic mass is 10.1. The van der Waals surface area contributed by atoms with Gasteiger partial charge in [0.1, 0.15) is 11.6 Å². The number of alkyl halides is 2. The summed E-state index contributed by atoms with van der Waals surface area (Å²) in [5.74, 6) is -3.45. The highest BCUT2D eigenvalue weighted by atomic mass is 19.3. The third-order valence-corrected chi connectivity index (χ3v) is 3.34. The summed E-state index contributed by atoms with van der Waals surface area (Å²) in [6.45, 7) is -0.419. The van der Waals surface area contributed by atoms with Crippen LogP contribution in [0.1, 0.15) is 24.2 Å². The van der Waals surface area contributed by atoms with E-state index < -0.39 is 35.6 Å². The number of amides is 1. The number of halogens is 3. The molecule has 1 heterocycles. The number of ether oxygens (including phenoxy) is 1. The van der Waals surface area contributed by atoms with Crippen molar-refractivity contribution >= 4 is 17.6 Å². The SMILES string of the molecule is CC(C)(C(=O)O)n1cc(NC(=O)c2ccc(F)cc2OC(F)F)cn1. The van der Waals surface area contributed by atoms with Gasteiger partial charge >= 0.3 is 12.6 Å². The molecule has 0 saturated heterocycles. The number of aliphatic carboxylic acids is 1. The number of carbonyl (C=O) groups excluding carboxylic acids is 1. The van der Waals surface area contributed by atoms with Crippen LogP contribution in [0.25, 0.3) is 0 Å². The van der Waals surface area contributed by atoms with E-state index in [2.05, 4.69) is 15.2 Å². The van der Waals surface area contributed by atoms with Crippen molar-refractivity contribution in [1.29, 1.82) is 0 Å². The van der Waals surface area contributed by atoms with Crippen LogP contribution in [0.5, 0.6) is 5.75 Å². The van der Waals surface area contributed by atoms with Gasteiger partial charge in [0.2, 0.25) is 0 Å². The Morgan fingerprint density at radius 1 is 1.36 bits per heavy atom. The fourth-order valence-electron chi connectivity index (χ4n) is 1.87. The molecular weight excluding hydrogens is 343 g/mol. The zero-order valence-electron chi connectivity index (χ0n) is 13.2. The van der Waals surface area contributed by atoms with Crippen LogP contribution in [-0.4, -0.2) is 33.4 Å². The number of benzene rings is 1. The molecule has 25 heavy (non-hydrogen) atoms. The van der Waals surface area contributed by atoms with Gasteiger partial charge in [-0.15, -0.1) is 0 Å². The summed E-state index contributed by atoms with van der Waals surface area (Å²) in [7, 11) is 0. The predicted octanol–water partition coefficient (Wildman–Crippen LogP) is 2.70. The maximum atomic E-state index is 13.2. The average Bonchev–Trinajstić information content (AvgIpc) is 2.95. The molecule has 0 saturated carbocycles. The molecular formula is C15H14F3N3O4. The number of carboxylic acid groups (broad SMARTS) is 1. The van der Waals surface area contributed by atoms with Gasteiger partial charge in [-0.3, -0.25) is 9.48 Å². The summed E-state index contributed by atoms with van der Waals surface area (Å²) in [5, 5.41) is 15.3. The first-order valence-corrected chi connectivity index (χ1v) is 6.95. The highest BCUT2D eigenvalue weighted by Crippen LogP contribution is 2.24. The molecule has 134 valence electrons. The third kappa shape index (κ3) is 4.08. The second kappa shape index (κ2) is 6.83. The Morgan fingerprint density at radius 3 is 2.64 bits per heavy atom. The van der Waals surface area contributed by atoms with Crippen molar-refractivity contribution < 1.29 is 32.6 Å². The third-order valence-electron chi connectivity index (χ3n) is 3.34. The molecule has 1 amide bonds. The summed E-state index contributed by atoms with van der Waals surface area (Å²) in [6.07, 6.45) is 2.46. The van der Waals surface area contributed by atoms with Gasteiger partial charge in [-0.05, 0) is 26.0 Å². The lowest BCUT2D eigenvalue weighted by Crippen LogP contribution is -2.35. The molecule has 0 atom stereocenters. The molecule has 2 aromatic rings. The van der Waals surface area contributed by atoms with Crippen LogP contribution in [0.2, 0.25) is 0 Å². The van der Waals surface area contributed by atoms with Gasteiger partial charge < -0.3 is 15.2 Å². The van der Waals surface area contributed by atoms with Crippen LogP contribution in [-0.2, 0) is 10.3 Å². The van der Waals surface area contributed by atoms with Crippen LogP contribution < -0.4 is 10.1 Å². The van der Waals surface area contributed by atoms with Gasteiger partial charge in [-0.25, -0.2) is 9.18 Å². The molecule has 1 aromatic heterocycles. The topological polar surface area (TPSA) is 93.5 Å². The monoisotopic (exact) mass is 357 g/mol. The summed E-state index contributed by atoms with van der Waals surface area (Å²) in [4.78, 5) is 23.4. The van der Waals surface area contributed by atoms with E-state index in [1.807, 2.05) is 0 Å². The van der Waals surface area contributed by atoms with E-state index in [1.165, 1.54) is 26.2 Å². The Balaban J connectivity index is 2.24. The molecule has 0 aliphatic rings. The number of anilines is 1. The number of carboxylic acids is 1. The van der Waals surface area contributed by atoms with E-state index in [4.69, 9.17) is 5.11 Å². The maximum Gasteiger partial charge on any atom is 0.387 e. The molecule has 2 N–H and O–H groups in total. The summed E-state index contributed by atoms with van der Waals surface area (Å²) in [5.41, 5.74) is -1.54. The number of nitrogens with one attached hydrogen (secondary N) is 1. The van der Waals surface area contributed by atoms with Gasteiger partial charge in [0.15, 0.2) is 5.54 Å². The van der Waals surface area contributed by atoms with Gasteiger partial charge in [-0.2, -0.15) is 13.9 Å². The highest BCUT2D eigenvalue weighted by Gasteiger charge is 2.30. The molecule has 0 unspecified atom stereocenters. The summed E-state index contributed by atoms with van der Waals surface area (Å²) >= 11 is 0. The average molecular weight is 357 g/mol. The number of carbonyl (C=O) groups is 2. The number of hydrogen-bond acceptors (Lipinski definition) is 4. The molecule has 10 heteroatoms. The predicted molar refractivity (Wildman–Crippen MR) is 80.2 cm³/mol. The van der Waals surface area contributed by atoms with Crippen molar-refractivity contribution in [2.75, 3.05) is 5.32 Å². The molecule has 0 radical (unpaired) electrons. The zero-order valence-corrected chi connectivity index (χ0v) is 13.2. The zero-order chi connectivity index (χ0) is 18.8. The van der Waals surface area contributed by atoms with E-state index in [1.54, 1.807) is 0 Å². The Bertz CT molecular complexity index is 805. The van der Waals surface area contributed by atoms with Crippen LogP contribution in [0.4, 0.5) is 18.9 Å².